The summed E-state index contributed by atoms with van der Waals surface area (Å²) < 4.78 is 5.50. The molecule has 1 aromatic carbocycles. The first kappa shape index (κ1) is 12.4. The van der Waals surface area contributed by atoms with Crippen LogP contribution in [0.5, 0.6) is 5.75 Å². The zero-order valence-electron chi connectivity index (χ0n) is 11.1. The van der Waals surface area contributed by atoms with Gasteiger partial charge in [-0.2, -0.15) is 0 Å². The highest BCUT2D eigenvalue weighted by Gasteiger charge is 2.53. The van der Waals surface area contributed by atoms with Crippen molar-refractivity contribution < 1.29 is 4.74 Å². The standard InChI is InChI=1S/C15H23NO/c1-4-9-16-11-15(10-12(15)2)13-7-5-6-8-14(13)17-3/h5-8,12,16H,4,9-11H2,1-3H3. The Balaban J connectivity index is 2.17. The Morgan fingerprint density at radius 1 is 1.41 bits per heavy atom. The van der Waals surface area contributed by atoms with Crippen LogP contribution in [-0.2, 0) is 5.41 Å². The molecule has 17 heavy (non-hydrogen) atoms. The molecule has 1 fully saturated rings. The maximum absolute atomic E-state index is 5.50. The lowest BCUT2D eigenvalue weighted by molar-refractivity contribution is 0.399. The molecule has 1 aliphatic rings. The minimum absolute atomic E-state index is 0.307. The first-order valence-electron chi connectivity index (χ1n) is 6.59. The number of methoxy groups -OCH3 is 1. The molecule has 0 radical (unpaired) electrons. The number of hydrogen-bond donors (Lipinski definition) is 1. The summed E-state index contributed by atoms with van der Waals surface area (Å²) in [5.74, 6) is 1.79. The summed E-state index contributed by atoms with van der Waals surface area (Å²) in [7, 11) is 1.76. The van der Waals surface area contributed by atoms with E-state index < -0.39 is 0 Å². The summed E-state index contributed by atoms with van der Waals surface area (Å²) in [4.78, 5) is 0. The molecule has 0 spiro atoms. The van der Waals surface area contributed by atoms with Crippen LogP contribution in [0.4, 0.5) is 0 Å². The first-order chi connectivity index (χ1) is 8.24. The van der Waals surface area contributed by atoms with Gasteiger partial charge >= 0.3 is 0 Å². The normalized spacial score (nSPS) is 26.9. The second kappa shape index (κ2) is 5.09. The smallest absolute Gasteiger partial charge is 0.122 e. The van der Waals surface area contributed by atoms with Gasteiger partial charge in [-0.15, -0.1) is 0 Å². The summed E-state index contributed by atoms with van der Waals surface area (Å²) in [6, 6.07) is 8.45. The van der Waals surface area contributed by atoms with Crippen molar-refractivity contribution in [2.24, 2.45) is 5.92 Å². The Labute approximate surface area is 104 Å². The van der Waals surface area contributed by atoms with Gasteiger partial charge in [0.05, 0.1) is 7.11 Å². The molecule has 2 unspecified atom stereocenters. The van der Waals surface area contributed by atoms with Crippen molar-refractivity contribution in [2.75, 3.05) is 20.2 Å². The maximum Gasteiger partial charge on any atom is 0.122 e. The molecular weight excluding hydrogens is 210 g/mol. The van der Waals surface area contributed by atoms with E-state index in [9.17, 15) is 0 Å². The van der Waals surface area contributed by atoms with Crippen LogP contribution in [-0.4, -0.2) is 20.2 Å². The average Bonchev–Trinajstić information content (AvgIpc) is 3.01. The highest BCUT2D eigenvalue weighted by Crippen LogP contribution is 2.55. The maximum atomic E-state index is 5.50. The van der Waals surface area contributed by atoms with Gasteiger partial charge in [0.1, 0.15) is 5.75 Å². The summed E-state index contributed by atoms with van der Waals surface area (Å²) in [5.41, 5.74) is 1.68. The van der Waals surface area contributed by atoms with E-state index in [1.54, 1.807) is 7.11 Å². The van der Waals surface area contributed by atoms with E-state index in [2.05, 4.69) is 37.4 Å². The molecule has 0 saturated heterocycles. The number of rotatable bonds is 6. The summed E-state index contributed by atoms with van der Waals surface area (Å²) >= 11 is 0. The highest BCUT2D eigenvalue weighted by molar-refractivity contribution is 5.44. The molecule has 0 heterocycles. The van der Waals surface area contributed by atoms with Crippen molar-refractivity contribution in [2.45, 2.75) is 32.1 Å². The Bertz CT molecular complexity index is 377. The molecule has 1 aromatic rings. The second-order valence-corrected chi connectivity index (χ2v) is 5.14. The zero-order valence-corrected chi connectivity index (χ0v) is 11.1. The average molecular weight is 233 g/mol. The minimum atomic E-state index is 0.307. The van der Waals surface area contributed by atoms with Crippen LogP contribution in [0.2, 0.25) is 0 Å². The van der Waals surface area contributed by atoms with E-state index in [0.29, 0.717) is 5.41 Å². The van der Waals surface area contributed by atoms with Gasteiger partial charge in [0, 0.05) is 17.5 Å². The lowest BCUT2D eigenvalue weighted by Crippen LogP contribution is -2.29. The minimum Gasteiger partial charge on any atom is -0.496 e. The van der Waals surface area contributed by atoms with Crippen molar-refractivity contribution in [1.82, 2.24) is 5.32 Å². The number of hydrogen-bond acceptors (Lipinski definition) is 2. The SMILES string of the molecule is CCCNCC1(c2ccccc2OC)CC1C. The van der Waals surface area contributed by atoms with Crippen molar-refractivity contribution in [3.05, 3.63) is 29.8 Å². The molecule has 94 valence electrons. The van der Waals surface area contributed by atoms with Crippen LogP contribution in [0.1, 0.15) is 32.3 Å². The molecule has 2 atom stereocenters. The van der Waals surface area contributed by atoms with Crippen LogP contribution in [0.3, 0.4) is 0 Å². The van der Waals surface area contributed by atoms with Crippen LogP contribution >= 0.6 is 0 Å². The van der Waals surface area contributed by atoms with Crippen molar-refractivity contribution >= 4 is 0 Å². The van der Waals surface area contributed by atoms with E-state index in [0.717, 1.165) is 24.8 Å². The predicted molar refractivity (Wildman–Crippen MR) is 71.6 cm³/mol. The molecule has 0 aromatic heterocycles. The largest absolute Gasteiger partial charge is 0.496 e. The Hall–Kier alpha value is -1.02. The molecule has 2 heteroatoms. The predicted octanol–water partition coefficient (Wildman–Crippen LogP) is 2.97. The van der Waals surface area contributed by atoms with Crippen molar-refractivity contribution in [3.8, 4) is 5.75 Å². The molecule has 1 aliphatic carbocycles. The molecule has 1 saturated carbocycles. The summed E-state index contributed by atoms with van der Waals surface area (Å²) in [6.45, 7) is 6.71. The number of para-hydroxylation sites is 1. The number of ether oxygens (including phenoxy) is 1. The Kier molecular flexibility index (Phi) is 3.72. The first-order valence-corrected chi connectivity index (χ1v) is 6.59. The molecule has 2 nitrogen and oxygen atoms in total. The van der Waals surface area contributed by atoms with E-state index >= 15 is 0 Å². The lowest BCUT2D eigenvalue weighted by atomic mass is 9.92. The van der Waals surface area contributed by atoms with Gasteiger partial charge in [0.15, 0.2) is 0 Å². The third-order valence-corrected chi connectivity index (χ3v) is 3.96. The second-order valence-electron chi connectivity index (χ2n) is 5.14. The quantitative estimate of drug-likeness (QED) is 0.763. The van der Waals surface area contributed by atoms with Gasteiger partial charge in [0.25, 0.3) is 0 Å². The molecule has 1 N–H and O–H groups in total. The third-order valence-electron chi connectivity index (χ3n) is 3.96. The van der Waals surface area contributed by atoms with E-state index in [-0.39, 0.29) is 0 Å². The van der Waals surface area contributed by atoms with E-state index in [1.807, 2.05) is 6.07 Å². The van der Waals surface area contributed by atoms with Crippen molar-refractivity contribution in [1.29, 1.82) is 0 Å². The fourth-order valence-electron chi connectivity index (χ4n) is 2.75. The lowest BCUT2D eigenvalue weighted by Gasteiger charge is -2.20. The number of benzene rings is 1. The van der Waals surface area contributed by atoms with Crippen LogP contribution in [0.25, 0.3) is 0 Å². The molecule has 0 bridgehead atoms. The van der Waals surface area contributed by atoms with Gasteiger partial charge in [-0.1, -0.05) is 32.0 Å². The van der Waals surface area contributed by atoms with Crippen LogP contribution in [0.15, 0.2) is 24.3 Å². The summed E-state index contributed by atoms with van der Waals surface area (Å²) in [5, 5.41) is 3.56. The fourth-order valence-corrected chi connectivity index (χ4v) is 2.75. The highest BCUT2D eigenvalue weighted by atomic mass is 16.5. The third kappa shape index (κ3) is 2.32. The van der Waals surface area contributed by atoms with E-state index in [4.69, 9.17) is 4.74 Å². The van der Waals surface area contributed by atoms with Crippen LogP contribution < -0.4 is 10.1 Å². The molecule has 0 aliphatic heterocycles. The Morgan fingerprint density at radius 3 is 2.71 bits per heavy atom. The molecular formula is C15H23NO. The zero-order chi connectivity index (χ0) is 12.3. The topological polar surface area (TPSA) is 21.3 Å². The van der Waals surface area contributed by atoms with Gasteiger partial charge < -0.3 is 10.1 Å². The van der Waals surface area contributed by atoms with Gasteiger partial charge in [0.2, 0.25) is 0 Å². The van der Waals surface area contributed by atoms with Crippen molar-refractivity contribution in [3.63, 3.8) is 0 Å². The van der Waals surface area contributed by atoms with Gasteiger partial charge in [-0.25, -0.2) is 0 Å². The van der Waals surface area contributed by atoms with Crippen LogP contribution in [0, 0.1) is 5.92 Å². The fraction of sp³-hybridized carbons (Fsp3) is 0.600. The Morgan fingerprint density at radius 2 is 2.12 bits per heavy atom. The monoisotopic (exact) mass is 233 g/mol. The molecule has 0 amide bonds. The number of nitrogens with one attached hydrogen (secondary N) is 1. The molecule has 2 rings (SSSR count). The van der Waals surface area contributed by atoms with Gasteiger partial charge in [-0.05, 0) is 31.4 Å². The summed E-state index contributed by atoms with van der Waals surface area (Å²) in [6.07, 6.45) is 2.46. The van der Waals surface area contributed by atoms with Gasteiger partial charge in [-0.3, -0.25) is 0 Å². The van der Waals surface area contributed by atoms with E-state index in [1.165, 1.54) is 18.4 Å².